The third-order valence-corrected chi connectivity index (χ3v) is 2.66. The van der Waals surface area contributed by atoms with Crippen LogP contribution >= 0.6 is 0 Å². The van der Waals surface area contributed by atoms with E-state index in [1.807, 2.05) is 20.9 Å². The van der Waals surface area contributed by atoms with Gasteiger partial charge in [0.2, 0.25) is 0 Å². The molecule has 0 aliphatic carbocycles. The minimum atomic E-state index is 0. The molecule has 0 saturated heterocycles. The molecule has 20 heavy (non-hydrogen) atoms. The zero-order valence-corrected chi connectivity index (χ0v) is 15.8. The molecule has 0 atom stereocenters. The Morgan fingerprint density at radius 3 is 2.20 bits per heavy atom. The van der Waals surface area contributed by atoms with Crippen molar-refractivity contribution in [1.29, 1.82) is 0 Å². The molecule has 0 spiro atoms. The number of hydrogen-bond acceptors (Lipinski definition) is 0. The van der Waals surface area contributed by atoms with E-state index in [4.69, 9.17) is 0 Å². The molecular weight excluding hydrogens is 325 g/mol. The average molecular weight is 355 g/mol. The molecule has 1 aromatic rings. The molecule has 1 aromatic carbocycles. The normalized spacial score (nSPS) is 9.55. The van der Waals surface area contributed by atoms with Crippen LogP contribution in [0.4, 0.5) is 0 Å². The fourth-order valence-corrected chi connectivity index (χ4v) is 1.65. The van der Waals surface area contributed by atoms with Crippen molar-refractivity contribution in [3.63, 3.8) is 0 Å². The first kappa shape index (κ1) is 22.4. The van der Waals surface area contributed by atoms with E-state index in [9.17, 15) is 0 Å². The molecule has 4 heteroatoms. The second-order valence-corrected chi connectivity index (χ2v) is 4.32. The average Bonchev–Trinajstić information content (AvgIpc) is 2.93. The van der Waals surface area contributed by atoms with E-state index in [1.54, 1.807) is 0 Å². The number of nitrogens with zero attached hydrogens (tertiary/aromatic N) is 3. The zero-order valence-electron chi connectivity index (χ0n) is 13.3. The molecule has 1 rings (SSSR count). The maximum absolute atomic E-state index is 4.45. The molecule has 0 unspecified atom stereocenters. The molecular formula is C16H29N3Zr. The Balaban J connectivity index is 0. The summed E-state index contributed by atoms with van der Waals surface area (Å²) < 4.78 is 0. The SMILES string of the molecule is CC[N-]CC.C[N-]CCC[N-]CCCc1ccc[cH-]1.[Zr+4]. The first-order valence-corrected chi connectivity index (χ1v) is 7.37. The van der Waals surface area contributed by atoms with E-state index < -0.39 is 0 Å². The summed E-state index contributed by atoms with van der Waals surface area (Å²) >= 11 is 0. The second kappa shape index (κ2) is 19.1. The molecule has 0 aliphatic heterocycles. The van der Waals surface area contributed by atoms with Crippen molar-refractivity contribution in [2.24, 2.45) is 0 Å². The summed E-state index contributed by atoms with van der Waals surface area (Å²) in [5.41, 5.74) is 1.43. The maximum atomic E-state index is 4.45. The Labute approximate surface area is 144 Å². The molecule has 0 aromatic heterocycles. The third-order valence-electron chi connectivity index (χ3n) is 2.66. The predicted molar refractivity (Wildman–Crippen MR) is 86.7 cm³/mol. The summed E-state index contributed by atoms with van der Waals surface area (Å²) in [5.74, 6) is 0. The van der Waals surface area contributed by atoms with Gasteiger partial charge in [-0.25, -0.2) is 12.1 Å². The van der Waals surface area contributed by atoms with Gasteiger partial charge in [0.1, 0.15) is 0 Å². The monoisotopic (exact) mass is 353 g/mol. The minimum absolute atomic E-state index is 0. The van der Waals surface area contributed by atoms with E-state index in [-0.39, 0.29) is 26.2 Å². The van der Waals surface area contributed by atoms with Crippen LogP contribution in [-0.4, -0.2) is 39.8 Å². The van der Waals surface area contributed by atoms with Gasteiger partial charge < -0.3 is 16.0 Å². The Morgan fingerprint density at radius 1 is 1.00 bits per heavy atom. The standard InChI is InChI=1S/C12H19N2.C4H10N.Zr/c1-13-9-5-11-14-10-4-8-12-6-2-3-7-12;1-3-5-4-2;/h2-3,6-7H,4-5,8-11H2,1H3;3-4H2,1-2H3;/q-3;-1;+4. The Morgan fingerprint density at radius 2 is 1.70 bits per heavy atom. The van der Waals surface area contributed by atoms with Crippen LogP contribution in [0.25, 0.3) is 16.0 Å². The summed E-state index contributed by atoms with van der Waals surface area (Å²) in [6.07, 6.45) is 3.44. The molecule has 3 nitrogen and oxygen atoms in total. The van der Waals surface area contributed by atoms with Crippen molar-refractivity contribution in [3.05, 3.63) is 45.8 Å². The van der Waals surface area contributed by atoms with Crippen LogP contribution in [0.2, 0.25) is 0 Å². The maximum Gasteiger partial charge on any atom is 4.00 e. The number of aryl methyl sites for hydroxylation is 1. The van der Waals surface area contributed by atoms with E-state index in [0.29, 0.717) is 0 Å². The molecule has 0 amide bonds. The van der Waals surface area contributed by atoms with Gasteiger partial charge in [0.15, 0.2) is 0 Å². The second-order valence-electron chi connectivity index (χ2n) is 4.32. The molecule has 0 bridgehead atoms. The van der Waals surface area contributed by atoms with Crippen molar-refractivity contribution < 1.29 is 26.2 Å². The van der Waals surface area contributed by atoms with Gasteiger partial charge in [-0.05, 0) is 0 Å². The summed E-state index contributed by atoms with van der Waals surface area (Å²) in [5, 5.41) is 12.5. The summed E-state index contributed by atoms with van der Waals surface area (Å²) in [6.45, 7) is 8.94. The van der Waals surface area contributed by atoms with Crippen molar-refractivity contribution in [1.82, 2.24) is 0 Å². The summed E-state index contributed by atoms with van der Waals surface area (Å²) in [7, 11) is 1.86. The van der Waals surface area contributed by atoms with Gasteiger partial charge >= 0.3 is 26.2 Å². The molecule has 0 saturated carbocycles. The van der Waals surface area contributed by atoms with Crippen LogP contribution in [0.5, 0.6) is 0 Å². The molecule has 112 valence electrons. The van der Waals surface area contributed by atoms with Gasteiger partial charge in [0.25, 0.3) is 0 Å². The Bertz CT molecular complexity index is 248. The van der Waals surface area contributed by atoms with Gasteiger partial charge in [0.05, 0.1) is 0 Å². The molecule has 0 radical (unpaired) electrons. The minimum Gasteiger partial charge on any atom is -0.665 e. The first-order chi connectivity index (χ1) is 9.35. The molecule has 0 aliphatic rings. The van der Waals surface area contributed by atoms with Gasteiger partial charge in [-0.3, -0.25) is 0 Å². The van der Waals surface area contributed by atoms with Crippen LogP contribution in [-0.2, 0) is 32.6 Å². The smallest absolute Gasteiger partial charge is 0.665 e. The quantitative estimate of drug-likeness (QED) is 0.438. The largest absolute Gasteiger partial charge is 4.00 e. The van der Waals surface area contributed by atoms with Gasteiger partial charge in [-0.15, -0.1) is 6.54 Å². The fourth-order valence-electron chi connectivity index (χ4n) is 1.65. The van der Waals surface area contributed by atoms with E-state index in [2.05, 4.69) is 40.2 Å². The van der Waals surface area contributed by atoms with Crippen molar-refractivity contribution in [2.45, 2.75) is 33.1 Å². The Kier molecular flexibility index (Phi) is 21.4. The van der Waals surface area contributed by atoms with Crippen molar-refractivity contribution in [3.8, 4) is 0 Å². The summed E-state index contributed by atoms with van der Waals surface area (Å²) in [6, 6.07) is 8.54. The Hall–Kier alpha value is 0.113. The van der Waals surface area contributed by atoms with Crippen LogP contribution < -0.4 is 0 Å². The van der Waals surface area contributed by atoms with E-state index in [1.165, 1.54) is 12.0 Å². The topological polar surface area (TPSA) is 42.3 Å². The van der Waals surface area contributed by atoms with Gasteiger partial charge in [-0.2, -0.15) is 50.9 Å². The van der Waals surface area contributed by atoms with E-state index in [0.717, 1.165) is 45.6 Å². The number of hydrogen-bond donors (Lipinski definition) is 0. The van der Waals surface area contributed by atoms with Crippen molar-refractivity contribution >= 4 is 0 Å². The first-order valence-electron chi connectivity index (χ1n) is 7.37. The molecule has 0 N–H and O–H groups in total. The summed E-state index contributed by atoms with van der Waals surface area (Å²) in [4.78, 5) is 0. The van der Waals surface area contributed by atoms with Crippen molar-refractivity contribution in [2.75, 3.05) is 39.8 Å². The molecule has 0 heterocycles. The third kappa shape index (κ3) is 16.2. The van der Waals surface area contributed by atoms with Crippen LogP contribution in [0, 0.1) is 0 Å². The van der Waals surface area contributed by atoms with Crippen LogP contribution in [0.3, 0.4) is 0 Å². The predicted octanol–water partition coefficient (Wildman–Crippen LogP) is 4.50. The molecule has 0 fully saturated rings. The van der Waals surface area contributed by atoms with Gasteiger partial charge in [0, 0.05) is 0 Å². The fraction of sp³-hybridized carbons (Fsp3) is 0.688. The van der Waals surface area contributed by atoms with Crippen LogP contribution in [0.15, 0.2) is 24.3 Å². The number of rotatable bonds is 10. The van der Waals surface area contributed by atoms with Gasteiger partial charge in [-0.1, -0.05) is 33.1 Å². The van der Waals surface area contributed by atoms with Crippen LogP contribution in [0.1, 0.15) is 32.3 Å². The zero-order chi connectivity index (χ0) is 14.2. The van der Waals surface area contributed by atoms with E-state index >= 15 is 0 Å².